The van der Waals surface area contributed by atoms with Crippen molar-refractivity contribution in [2.45, 2.75) is 201 Å². The third-order valence-electron chi connectivity index (χ3n) is 13.4. The summed E-state index contributed by atoms with van der Waals surface area (Å²) in [6.07, 6.45) is 3.40. The van der Waals surface area contributed by atoms with Crippen LogP contribution >= 0.6 is 17.0 Å². The number of rotatable bonds is 27. The van der Waals surface area contributed by atoms with Gasteiger partial charge >= 0.3 is 40.9 Å². The topological polar surface area (TPSA) is 161 Å². The number of benzene rings is 4. The monoisotopic (exact) mass is 1150 g/mol. The van der Waals surface area contributed by atoms with Gasteiger partial charge in [-0.25, -0.2) is 0 Å². The normalized spacial score (nSPS) is 12.5. The molecule has 4 rings (SSSR count). The maximum atomic E-state index is 12.2. The predicted molar refractivity (Wildman–Crippen MR) is 318 cm³/mol. The number of methoxy groups -OCH3 is 4. The van der Waals surface area contributed by atoms with Crippen molar-refractivity contribution in [3.8, 4) is 23.0 Å². The van der Waals surface area contributed by atoms with Crippen LogP contribution in [0.3, 0.4) is 0 Å². The molecule has 0 aliphatic carbocycles. The lowest BCUT2D eigenvalue weighted by molar-refractivity contribution is -0.141. The quantitative estimate of drug-likeness (QED) is 0.0315. The van der Waals surface area contributed by atoms with E-state index in [1.54, 1.807) is 0 Å². The summed E-state index contributed by atoms with van der Waals surface area (Å²) in [7, 11) is 1.47. The summed E-state index contributed by atoms with van der Waals surface area (Å²) in [5, 5.41) is -1.03. The van der Waals surface area contributed by atoms with Crippen LogP contribution in [0.15, 0.2) is 72.8 Å². The zero-order valence-corrected chi connectivity index (χ0v) is 53.4. The Kier molecular flexibility index (Phi) is 24.1. The Morgan fingerprint density at radius 2 is 0.650 bits per heavy atom. The van der Waals surface area contributed by atoms with E-state index in [1.165, 1.54) is 28.4 Å². The van der Waals surface area contributed by atoms with Crippen LogP contribution in [-0.2, 0) is 94.7 Å². The SMILES string of the molecule is COC(=O)CCc1ccc(OP(Oc2ccc(CCC(=O)OC)cc2C(C)(C)C)OC(C)(C)CCOC(C)(C)P(Oc2ccc(CCC(=O)OC)cc2C(C)(C)C)Oc2ccc(CCC(=O)OC)cc2C(C)(C)C)c(C(C)(C)C)c1. The highest BCUT2D eigenvalue weighted by atomic mass is 31.2. The summed E-state index contributed by atoms with van der Waals surface area (Å²) in [5.74, 6) is 1.32. The molecule has 0 aliphatic rings. The van der Waals surface area contributed by atoms with Crippen molar-refractivity contribution in [2.75, 3.05) is 35.0 Å². The van der Waals surface area contributed by atoms with Crippen molar-refractivity contribution in [1.82, 2.24) is 0 Å². The van der Waals surface area contributed by atoms with Crippen LogP contribution in [0.1, 0.15) is 187 Å². The van der Waals surface area contributed by atoms with Crippen LogP contribution in [0.5, 0.6) is 23.0 Å². The van der Waals surface area contributed by atoms with Gasteiger partial charge in [-0.15, -0.1) is 0 Å². The van der Waals surface area contributed by atoms with E-state index in [1.807, 2.05) is 76.2 Å². The largest absolute Gasteiger partial charge is 0.469 e. The molecule has 4 aromatic carbocycles. The molecule has 0 aliphatic heterocycles. The smallest absolute Gasteiger partial charge is 0.463 e. The minimum Gasteiger partial charge on any atom is -0.469 e. The summed E-state index contributed by atoms with van der Waals surface area (Å²) in [5.41, 5.74) is 5.27. The van der Waals surface area contributed by atoms with Crippen molar-refractivity contribution in [1.29, 1.82) is 0 Å². The highest BCUT2D eigenvalue weighted by molar-refractivity contribution is 7.49. The van der Waals surface area contributed by atoms with Gasteiger partial charge in [0.05, 0.1) is 40.6 Å². The number of esters is 4. The molecule has 0 radical (unpaired) electrons. The average molecular weight is 1150 g/mol. The molecule has 80 heavy (non-hydrogen) atoms. The zero-order valence-electron chi connectivity index (χ0n) is 51.6. The maximum absolute atomic E-state index is 12.2. The van der Waals surface area contributed by atoms with E-state index in [9.17, 15) is 19.2 Å². The van der Waals surface area contributed by atoms with E-state index in [2.05, 4.69) is 107 Å². The predicted octanol–water partition coefficient (Wildman–Crippen LogP) is 15.4. The Bertz CT molecular complexity index is 2550. The Balaban J connectivity index is 1.77. The minimum atomic E-state index is -2.16. The molecule has 0 atom stereocenters. The van der Waals surface area contributed by atoms with Gasteiger partial charge < -0.3 is 41.8 Å². The van der Waals surface area contributed by atoms with Crippen LogP contribution in [0.2, 0.25) is 0 Å². The summed E-state index contributed by atoms with van der Waals surface area (Å²) in [6.45, 7) is 33.5. The standard InChI is InChI=1S/C64H92O14P2/c1-59(2,3)47-39-43(25-33-55(65)69-17)21-29-51(47)74-79(75-52-30-22-44(26-34-56(66)70-18)40-48(52)60(4,5)6)64(15,16)73-38-37-63(13,14)78-80(76-53-31-23-45(27-35-57(67)71-19)41-49(53)61(7,8)9)77-54-32-24-46(28-36-58(68)72-20)42-50(54)62(10,11)12/h21-24,29-32,39-42H,25-28,33-38H2,1-20H3. The number of hydrogen-bond donors (Lipinski definition) is 0. The van der Waals surface area contributed by atoms with Crippen molar-refractivity contribution in [3.63, 3.8) is 0 Å². The average Bonchev–Trinajstić information content (AvgIpc) is 3.37. The lowest BCUT2D eigenvalue weighted by Gasteiger charge is -2.36. The van der Waals surface area contributed by atoms with Gasteiger partial charge in [0.25, 0.3) is 0 Å². The summed E-state index contributed by atoms with van der Waals surface area (Å²) in [4.78, 5) is 48.6. The summed E-state index contributed by atoms with van der Waals surface area (Å²) >= 11 is 0. The number of carbonyl (C=O) groups is 4. The molecule has 0 aromatic heterocycles. The first-order valence-electron chi connectivity index (χ1n) is 27.6. The Hall–Kier alpha value is -5.26. The van der Waals surface area contributed by atoms with Crippen LogP contribution < -0.4 is 18.1 Å². The molecule has 16 heteroatoms. The van der Waals surface area contributed by atoms with E-state index in [-0.39, 0.29) is 77.8 Å². The number of carbonyl (C=O) groups excluding carboxylic acids is 4. The molecule has 0 amide bonds. The zero-order chi connectivity index (χ0) is 60.0. The molecule has 0 fully saturated rings. The van der Waals surface area contributed by atoms with Crippen molar-refractivity contribution < 1.29 is 65.5 Å². The van der Waals surface area contributed by atoms with E-state index < -0.39 is 27.9 Å². The molecular formula is C64H92O14P2. The molecule has 0 spiro atoms. The molecule has 0 N–H and O–H groups in total. The Morgan fingerprint density at radius 1 is 0.388 bits per heavy atom. The molecule has 0 heterocycles. The van der Waals surface area contributed by atoms with Crippen LogP contribution in [0.25, 0.3) is 0 Å². The Labute approximate surface area is 480 Å². The van der Waals surface area contributed by atoms with Gasteiger partial charge in [0.1, 0.15) is 23.0 Å². The number of ether oxygens (including phenoxy) is 5. The summed E-state index contributed by atoms with van der Waals surface area (Å²) < 4.78 is 61.8. The van der Waals surface area contributed by atoms with Gasteiger partial charge in [-0.3, -0.25) is 23.7 Å². The van der Waals surface area contributed by atoms with Gasteiger partial charge in [0.15, 0.2) is 5.34 Å². The molecule has 0 unspecified atom stereocenters. The fourth-order valence-corrected chi connectivity index (χ4v) is 11.1. The third-order valence-corrected chi connectivity index (χ3v) is 16.5. The highest BCUT2D eigenvalue weighted by Gasteiger charge is 2.41. The van der Waals surface area contributed by atoms with Crippen LogP contribution in [-0.4, -0.2) is 69.9 Å². The Morgan fingerprint density at radius 3 is 0.900 bits per heavy atom. The molecule has 4 aromatic rings. The molecule has 0 saturated heterocycles. The lowest BCUT2D eigenvalue weighted by atomic mass is 9.85. The second-order valence-corrected chi connectivity index (χ2v) is 28.3. The molecule has 442 valence electrons. The first-order chi connectivity index (χ1) is 37.1. The van der Waals surface area contributed by atoms with Crippen LogP contribution in [0.4, 0.5) is 0 Å². The lowest BCUT2D eigenvalue weighted by Crippen LogP contribution is -2.32. The van der Waals surface area contributed by atoms with Gasteiger partial charge in [-0.1, -0.05) is 132 Å². The first kappa shape index (κ1) is 67.2. The van der Waals surface area contributed by atoms with Gasteiger partial charge in [-0.05, 0) is 128 Å². The van der Waals surface area contributed by atoms with Crippen LogP contribution in [0, 0.1) is 0 Å². The van der Waals surface area contributed by atoms with Crippen molar-refractivity contribution in [3.05, 3.63) is 117 Å². The second-order valence-electron chi connectivity index (χ2n) is 25.4. The van der Waals surface area contributed by atoms with E-state index in [0.717, 1.165) is 44.5 Å². The van der Waals surface area contributed by atoms with Gasteiger partial charge in [-0.2, -0.15) is 0 Å². The summed E-state index contributed by atoms with van der Waals surface area (Å²) in [6, 6.07) is 23.9. The maximum Gasteiger partial charge on any atom is 0.463 e. The molecule has 14 nitrogen and oxygen atoms in total. The molecular weight excluding hydrogens is 1050 g/mol. The molecule has 0 saturated carbocycles. The third kappa shape index (κ3) is 20.9. The van der Waals surface area contributed by atoms with Crippen molar-refractivity contribution in [2.24, 2.45) is 0 Å². The van der Waals surface area contributed by atoms with E-state index >= 15 is 0 Å². The highest BCUT2D eigenvalue weighted by Crippen LogP contribution is 2.56. The van der Waals surface area contributed by atoms with Gasteiger partial charge in [0, 0.05) is 47.9 Å². The minimum absolute atomic E-state index is 0.218. The number of aryl methyl sites for hydroxylation is 4. The first-order valence-corrected chi connectivity index (χ1v) is 29.8. The van der Waals surface area contributed by atoms with E-state index in [4.69, 9.17) is 46.3 Å². The second kappa shape index (κ2) is 28.6. The molecule has 0 bridgehead atoms. The fraction of sp³-hybridized carbons (Fsp3) is 0.562. The fourth-order valence-electron chi connectivity index (χ4n) is 8.47. The van der Waals surface area contributed by atoms with E-state index in [0.29, 0.717) is 55.1 Å². The van der Waals surface area contributed by atoms with Gasteiger partial charge in [0.2, 0.25) is 0 Å². The van der Waals surface area contributed by atoms with Crippen molar-refractivity contribution >= 4 is 40.9 Å². The number of hydrogen-bond acceptors (Lipinski definition) is 14.